The number of carbonyl (C=O) groups excluding carboxylic acids is 2. The van der Waals surface area contributed by atoms with Crippen molar-refractivity contribution >= 4 is 60.7 Å². The Kier molecular flexibility index (Phi) is 6.67. The van der Waals surface area contributed by atoms with Crippen LogP contribution in [0.4, 0.5) is 11.4 Å². The first-order valence-electron chi connectivity index (χ1n) is 10.6. The van der Waals surface area contributed by atoms with Crippen LogP contribution in [-0.4, -0.2) is 21.4 Å². The molecule has 2 aromatic heterocycles. The fourth-order valence-corrected chi connectivity index (χ4v) is 4.97. The standard InChI is InChI=1S/C25H23BrN4O3S/c1-13-5-10-19(14(2)11-13)29-23(32)21-15(3)20-24(34-21)27-12-30(25(20)33)16(4)22(31)28-18-8-6-17(26)7-9-18/h5-12,16H,1-4H3,(H,28,31)(H,29,32). The number of anilines is 2. The van der Waals surface area contributed by atoms with Crippen molar-refractivity contribution in [2.75, 3.05) is 10.6 Å². The highest BCUT2D eigenvalue weighted by Gasteiger charge is 2.23. The predicted octanol–water partition coefficient (Wildman–Crippen LogP) is 5.60. The largest absolute Gasteiger partial charge is 0.324 e. The highest BCUT2D eigenvalue weighted by atomic mass is 79.9. The lowest BCUT2D eigenvalue weighted by Crippen LogP contribution is -2.31. The van der Waals surface area contributed by atoms with Gasteiger partial charge in [0.05, 0.1) is 16.6 Å². The third-order valence-electron chi connectivity index (χ3n) is 5.62. The molecule has 1 unspecified atom stereocenters. The van der Waals surface area contributed by atoms with Crippen LogP contribution in [0, 0.1) is 20.8 Å². The average Bonchev–Trinajstić information content (AvgIpc) is 3.14. The third kappa shape index (κ3) is 4.67. The molecular formula is C25H23BrN4O3S. The Hall–Kier alpha value is -3.30. The van der Waals surface area contributed by atoms with Crippen LogP contribution < -0.4 is 16.2 Å². The second-order valence-electron chi connectivity index (χ2n) is 8.14. The summed E-state index contributed by atoms with van der Waals surface area (Å²) in [4.78, 5) is 44.3. The predicted molar refractivity (Wildman–Crippen MR) is 140 cm³/mol. The van der Waals surface area contributed by atoms with Gasteiger partial charge in [-0.3, -0.25) is 19.0 Å². The molecule has 174 valence electrons. The number of hydrogen-bond acceptors (Lipinski definition) is 5. The minimum absolute atomic E-state index is 0.292. The molecule has 0 saturated carbocycles. The topological polar surface area (TPSA) is 93.1 Å². The van der Waals surface area contributed by atoms with Crippen molar-refractivity contribution in [1.29, 1.82) is 0 Å². The molecule has 2 heterocycles. The minimum atomic E-state index is -0.792. The summed E-state index contributed by atoms with van der Waals surface area (Å²) in [6, 6.07) is 12.2. The molecule has 0 aliphatic rings. The first-order valence-corrected chi connectivity index (χ1v) is 12.2. The molecule has 4 aromatic rings. The number of nitrogens with one attached hydrogen (secondary N) is 2. The van der Waals surface area contributed by atoms with Crippen molar-refractivity contribution in [2.24, 2.45) is 0 Å². The maximum Gasteiger partial charge on any atom is 0.266 e. The Balaban J connectivity index is 1.62. The normalized spacial score (nSPS) is 11.9. The molecule has 2 amide bonds. The highest BCUT2D eigenvalue weighted by Crippen LogP contribution is 2.29. The van der Waals surface area contributed by atoms with Crippen LogP contribution >= 0.6 is 27.3 Å². The zero-order valence-corrected chi connectivity index (χ0v) is 21.5. The quantitative estimate of drug-likeness (QED) is 0.346. The lowest BCUT2D eigenvalue weighted by Gasteiger charge is -2.15. The summed E-state index contributed by atoms with van der Waals surface area (Å²) in [5.74, 6) is -0.634. The van der Waals surface area contributed by atoms with Gasteiger partial charge in [-0.1, -0.05) is 33.6 Å². The molecule has 2 aromatic carbocycles. The van der Waals surface area contributed by atoms with E-state index in [1.807, 2.05) is 44.2 Å². The van der Waals surface area contributed by atoms with Crippen LogP contribution in [0.5, 0.6) is 0 Å². The molecule has 0 radical (unpaired) electrons. The van der Waals surface area contributed by atoms with Gasteiger partial charge in [-0.15, -0.1) is 11.3 Å². The van der Waals surface area contributed by atoms with E-state index in [2.05, 4.69) is 31.5 Å². The summed E-state index contributed by atoms with van der Waals surface area (Å²) in [7, 11) is 0. The number of benzene rings is 2. The molecule has 0 saturated heterocycles. The maximum atomic E-state index is 13.3. The van der Waals surface area contributed by atoms with Gasteiger partial charge in [0, 0.05) is 15.8 Å². The van der Waals surface area contributed by atoms with Gasteiger partial charge >= 0.3 is 0 Å². The van der Waals surface area contributed by atoms with Crippen LogP contribution in [-0.2, 0) is 4.79 Å². The number of carbonyl (C=O) groups is 2. The zero-order chi connectivity index (χ0) is 24.6. The Labute approximate surface area is 209 Å². The number of hydrogen-bond donors (Lipinski definition) is 2. The lowest BCUT2D eigenvalue weighted by atomic mass is 10.1. The van der Waals surface area contributed by atoms with Gasteiger partial charge < -0.3 is 10.6 Å². The van der Waals surface area contributed by atoms with Crippen LogP contribution in [0.15, 0.2) is 58.1 Å². The van der Waals surface area contributed by atoms with Crippen molar-refractivity contribution in [3.63, 3.8) is 0 Å². The van der Waals surface area contributed by atoms with E-state index >= 15 is 0 Å². The van der Waals surface area contributed by atoms with Crippen molar-refractivity contribution in [3.8, 4) is 0 Å². The molecule has 0 spiro atoms. The summed E-state index contributed by atoms with van der Waals surface area (Å²) in [5, 5.41) is 6.09. The molecule has 4 rings (SSSR count). The number of aromatic nitrogens is 2. The minimum Gasteiger partial charge on any atom is -0.324 e. The Morgan fingerprint density at radius 1 is 1.06 bits per heavy atom. The molecule has 7 nitrogen and oxygen atoms in total. The Bertz CT molecular complexity index is 1470. The van der Waals surface area contributed by atoms with Crippen LogP contribution in [0.1, 0.15) is 39.3 Å². The Morgan fingerprint density at radius 2 is 1.76 bits per heavy atom. The number of aryl methyl sites for hydroxylation is 3. The van der Waals surface area contributed by atoms with Crippen molar-refractivity contribution in [2.45, 2.75) is 33.7 Å². The highest BCUT2D eigenvalue weighted by molar-refractivity contribution is 9.10. The van der Waals surface area contributed by atoms with Gasteiger partial charge in [-0.2, -0.15) is 0 Å². The molecule has 0 fully saturated rings. The summed E-state index contributed by atoms with van der Waals surface area (Å²) in [5.41, 5.74) is 3.60. The molecule has 9 heteroatoms. The number of amides is 2. The number of halogens is 1. The number of thiophene rings is 1. The fraction of sp³-hybridized carbons (Fsp3) is 0.200. The number of fused-ring (bicyclic) bond motifs is 1. The Morgan fingerprint density at radius 3 is 2.44 bits per heavy atom. The molecule has 1 atom stereocenters. The summed E-state index contributed by atoms with van der Waals surface area (Å²) in [6.07, 6.45) is 1.36. The molecule has 34 heavy (non-hydrogen) atoms. The van der Waals surface area contributed by atoms with E-state index in [4.69, 9.17) is 0 Å². The smallest absolute Gasteiger partial charge is 0.266 e. The monoisotopic (exact) mass is 538 g/mol. The number of nitrogens with zero attached hydrogens (tertiary/aromatic N) is 2. The van der Waals surface area contributed by atoms with E-state index in [0.717, 1.165) is 21.3 Å². The van der Waals surface area contributed by atoms with Crippen molar-refractivity contribution in [1.82, 2.24) is 9.55 Å². The van der Waals surface area contributed by atoms with E-state index in [-0.39, 0.29) is 17.4 Å². The second-order valence-corrected chi connectivity index (χ2v) is 10.1. The van der Waals surface area contributed by atoms with Gasteiger partial charge in [0.2, 0.25) is 5.91 Å². The van der Waals surface area contributed by atoms with Gasteiger partial charge in [-0.25, -0.2) is 4.98 Å². The van der Waals surface area contributed by atoms with E-state index < -0.39 is 6.04 Å². The lowest BCUT2D eigenvalue weighted by molar-refractivity contribution is -0.118. The van der Waals surface area contributed by atoms with E-state index in [1.165, 1.54) is 22.2 Å². The average molecular weight is 539 g/mol. The van der Waals surface area contributed by atoms with Crippen LogP contribution in [0.2, 0.25) is 0 Å². The van der Waals surface area contributed by atoms with E-state index in [1.54, 1.807) is 26.0 Å². The number of rotatable bonds is 5. The van der Waals surface area contributed by atoms with E-state index in [0.29, 0.717) is 26.3 Å². The first-order chi connectivity index (χ1) is 16.2. The molecule has 0 bridgehead atoms. The van der Waals surface area contributed by atoms with Gasteiger partial charge in [0.1, 0.15) is 10.9 Å². The second kappa shape index (κ2) is 9.52. The summed E-state index contributed by atoms with van der Waals surface area (Å²) >= 11 is 4.53. The van der Waals surface area contributed by atoms with Crippen molar-refractivity contribution in [3.05, 3.63) is 85.2 Å². The first kappa shape index (κ1) is 23.8. The summed E-state index contributed by atoms with van der Waals surface area (Å²) in [6.45, 7) is 7.29. The van der Waals surface area contributed by atoms with Gasteiger partial charge in [-0.05, 0) is 69.2 Å². The molecule has 2 N–H and O–H groups in total. The van der Waals surface area contributed by atoms with Crippen LogP contribution in [0.25, 0.3) is 10.2 Å². The van der Waals surface area contributed by atoms with Gasteiger partial charge in [0.25, 0.3) is 11.5 Å². The SMILES string of the molecule is Cc1ccc(NC(=O)c2sc3ncn(C(C)C(=O)Nc4ccc(Br)cc4)c(=O)c3c2C)c(C)c1. The van der Waals surface area contributed by atoms with Gasteiger partial charge in [0.15, 0.2) is 0 Å². The zero-order valence-electron chi connectivity index (χ0n) is 19.1. The molecular weight excluding hydrogens is 516 g/mol. The molecule has 0 aliphatic heterocycles. The third-order valence-corrected chi connectivity index (χ3v) is 7.35. The molecule has 0 aliphatic carbocycles. The van der Waals surface area contributed by atoms with E-state index in [9.17, 15) is 14.4 Å². The fourth-order valence-electron chi connectivity index (χ4n) is 3.67. The van der Waals surface area contributed by atoms with Crippen LogP contribution in [0.3, 0.4) is 0 Å². The van der Waals surface area contributed by atoms with Crippen molar-refractivity contribution < 1.29 is 9.59 Å². The summed E-state index contributed by atoms with van der Waals surface area (Å²) < 4.78 is 2.19. The maximum absolute atomic E-state index is 13.3.